The minimum absolute atomic E-state index is 0.122. The molecule has 3 rings (SSSR count). The molecule has 154 valence electrons. The van der Waals surface area contributed by atoms with Crippen molar-refractivity contribution >= 4 is 11.9 Å². The van der Waals surface area contributed by atoms with Crippen molar-refractivity contribution in [3.05, 3.63) is 71.0 Å². The van der Waals surface area contributed by atoms with E-state index in [1.54, 1.807) is 43.0 Å². The maximum Gasteiger partial charge on any atom is 0.308 e. The average Bonchev–Trinajstić information content (AvgIpc) is 3.12. The van der Waals surface area contributed by atoms with Gasteiger partial charge in [-0.3, -0.25) is 9.59 Å². The van der Waals surface area contributed by atoms with E-state index in [1.165, 1.54) is 12.1 Å². The van der Waals surface area contributed by atoms with Gasteiger partial charge in [0.1, 0.15) is 5.82 Å². The van der Waals surface area contributed by atoms with Gasteiger partial charge in [0.25, 0.3) is 5.91 Å². The number of hydrogen-bond donors (Lipinski definition) is 2. The summed E-state index contributed by atoms with van der Waals surface area (Å²) in [4.78, 5) is 26.2. The van der Waals surface area contributed by atoms with Gasteiger partial charge in [-0.2, -0.15) is 0 Å². The molecule has 1 saturated heterocycles. The third kappa shape index (κ3) is 5.21. The molecule has 0 aromatic heterocycles. The van der Waals surface area contributed by atoms with Crippen LogP contribution in [-0.2, 0) is 11.2 Å². The SMILES string of the molecule is CC(C)(O)CCc1ccc(C(=O)N2C[C@@H](C(=O)O)[C@H](c3ccc(F)cc3)C2)cc1. The molecular formula is C23H26FNO4. The zero-order valence-corrected chi connectivity index (χ0v) is 16.6. The van der Waals surface area contributed by atoms with Crippen molar-refractivity contribution in [3.8, 4) is 0 Å². The Morgan fingerprint density at radius 3 is 2.24 bits per heavy atom. The van der Waals surface area contributed by atoms with Crippen LogP contribution in [0.3, 0.4) is 0 Å². The number of hydrogen-bond acceptors (Lipinski definition) is 3. The molecule has 0 unspecified atom stereocenters. The van der Waals surface area contributed by atoms with E-state index in [4.69, 9.17) is 0 Å². The van der Waals surface area contributed by atoms with Gasteiger partial charge in [-0.1, -0.05) is 24.3 Å². The zero-order chi connectivity index (χ0) is 21.2. The van der Waals surface area contributed by atoms with Gasteiger partial charge in [-0.05, 0) is 62.1 Å². The highest BCUT2D eigenvalue weighted by molar-refractivity contribution is 5.95. The van der Waals surface area contributed by atoms with Gasteiger partial charge in [0, 0.05) is 24.6 Å². The predicted molar refractivity (Wildman–Crippen MR) is 107 cm³/mol. The summed E-state index contributed by atoms with van der Waals surface area (Å²) in [7, 11) is 0. The Kier molecular flexibility index (Phi) is 6.03. The van der Waals surface area contributed by atoms with E-state index in [2.05, 4.69) is 0 Å². The van der Waals surface area contributed by atoms with Gasteiger partial charge in [-0.15, -0.1) is 0 Å². The number of rotatable bonds is 6. The quantitative estimate of drug-likeness (QED) is 0.780. The van der Waals surface area contributed by atoms with Gasteiger partial charge in [0.2, 0.25) is 0 Å². The number of carboxylic acid groups (broad SMARTS) is 1. The molecule has 0 saturated carbocycles. The second-order valence-electron chi connectivity index (χ2n) is 8.32. The Morgan fingerprint density at radius 1 is 1.07 bits per heavy atom. The highest BCUT2D eigenvalue weighted by Crippen LogP contribution is 2.34. The molecule has 1 fully saturated rings. The standard InChI is InChI=1S/C23H26FNO4/c1-23(2,29)12-11-15-3-5-17(6-4-15)21(26)25-13-19(20(14-25)22(27)28)16-7-9-18(24)10-8-16/h3-10,19-20,29H,11-14H2,1-2H3,(H,27,28)/t19-,20+/m0/s1. The summed E-state index contributed by atoms with van der Waals surface area (Å²) in [5.41, 5.74) is 1.50. The number of nitrogens with zero attached hydrogens (tertiary/aromatic N) is 1. The van der Waals surface area contributed by atoms with Crippen LogP contribution in [0.5, 0.6) is 0 Å². The molecule has 2 atom stereocenters. The Bertz CT molecular complexity index is 871. The lowest BCUT2D eigenvalue weighted by molar-refractivity contribution is -0.141. The van der Waals surface area contributed by atoms with Crippen molar-refractivity contribution in [2.75, 3.05) is 13.1 Å². The second kappa shape index (κ2) is 8.33. The van der Waals surface area contributed by atoms with Crippen LogP contribution in [0.4, 0.5) is 4.39 Å². The molecule has 2 aromatic rings. The molecule has 1 heterocycles. The molecule has 1 amide bonds. The summed E-state index contributed by atoms with van der Waals surface area (Å²) in [5.74, 6) is -2.65. The van der Waals surface area contributed by atoms with Crippen LogP contribution in [0.15, 0.2) is 48.5 Å². The number of carbonyl (C=O) groups is 2. The summed E-state index contributed by atoms with van der Waals surface area (Å²) in [6.07, 6.45) is 1.32. The average molecular weight is 399 g/mol. The summed E-state index contributed by atoms with van der Waals surface area (Å²) in [6.45, 7) is 3.92. The minimum Gasteiger partial charge on any atom is -0.481 e. The maximum atomic E-state index is 13.2. The van der Waals surface area contributed by atoms with E-state index in [-0.39, 0.29) is 30.7 Å². The van der Waals surface area contributed by atoms with E-state index in [9.17, 15) is 24.2 Å². The lowest BCUT2D eigenvalue weighted by Crippen LogP contribution is -2.29. The third-order valence-corrected chi connectivity index (χ3v) is 5.45. The maximum absolute atomic E-state index is 13.2. The zero-order valence-electron chi connectivity index (χ0n) is 16.6. The fourth-order valence-electron chi connectivity index (χ4n) is 3.71. The smallest absolute Gasteiger partial charge is 0.308 e. The number of carboxylic acids is 1. The third-order valence-electron chi connectivity index (χ3n) is 5.45. The van der Waals surface area contributed by atoms with Crippen molar-refractivity contribution in [2.24, 2.45) is 5.92 Å². The van der Waals surface area contributed by atoms with Crippen LogP contribution < -0.4 is 0 Å². The van der Waals surface area contributed by atoms with Crippen LogP contribution in [0.25, 0.3) is 0 Å². The molecule has 29 heavy (non-hydrogen) atoms. The van der Waals surface area contributed by atoms with E-state index >= 15 is 0 Å². The van der Waals surface area contributed by atoms with E-state index in [0.717, 1.165) is 11.1 Å². The highest BCUT2D eigenvalue weighted by atomic mass is 19.1. The lowest BCUT2D eigenvalue weighted by atomic mass is 9.89. The number of aryl methyl sites for hydroxylation is 1. The van der Waals surface area contributed by atoms with E-state index < -0.39 is 17.5 Å². The van der Waals surface area contributed by atoms with Gasteiger partial charge >= 0.3 is 5.97 Å². The van der Waals surface area contributed by atoms with Crippen molar-refractivity contribution in [1.82, 2.24) is 4.90 Å². The summed E-state index contributed by atoms with van der Waals surface area (Å²) < 4.78 is 13.2. The second-order valence-corrected chi connectivity index (χ2v) is 8.32. The van der Waals surface area contributed by atoms with Crippen molar-refractivity contribution in [2.45, 2.75) is 38.2 Å². The van der Waals surface area contributed by atoms with Gasteiger partial charge in [-0.25, -0.2) is 4.39 Å². The Hall–Kier alpha value is -2.73. The number of halogens is 1. The summed E-state index contributed by atoms with van der Waals surface area (Å²) in [5, 5.41) is 19.4. The molecule has 0 aliphatic carbocycles. The van der Waals surface area contributed by atoms with Gasteiger partial charge < -0.3 is 15.1 Å². The molecule has 1 aliphatic heterocycles. The first kappa shape index (κ1) is 21.0. The molecular weight excluding hydrogens is 373 g/mol. The topological polar surface area (TPSA) is 77.8 Å². The molecule has 1 aliphatic rings. The monoisotopic (exact) mass is 399 g/mol. The van der Waals surface area contributed by atoms with Crippen LogP contribution in [0.1, 0.15) is 47.7 Å². The number of aliphatic carboxylic acids is 1. The van der Waals surface area contributed by atoms with Crippen molar-refractivity contribution < 1.29 is 24.2 Å². The Balaban J connectivity index is 1.72. The molecule has 0 bridgehead atoms. The van der Waals surface area contributed by atoms with Crippen LogP contribution in [-0.4, -0.2) is 45.7 Å². The highest BCUT2D eigenvalue weighted by Gasteiger charge is 2.40. The number of carbonyl (C=O) groups excluding carboxylic acids is 1. The number of amides is 1. The minimum atomic E-state index is -0.961. The normalized spacial score (nSPS) is 19.4. The molecule has 6 heteroatoms. The largest absolute Gasteiger partial charge is 0.481 e. The fraction of sp³-hybridized carbons (Fsp3) is 0.391. The van der Waals surface area contributed by atoms with Crippen LogP contribution in [0, 0.1) is 11.7 Å². The number of likely N-dealkylation sites (tertiary alicyclic amines) is 1. The molecule has 2 aromatic carbocycles. The van der Waals surface area contributed by atoms with Crippen molar-refractivity contribution in [1.29, 1.82) is 0 Å². The first-order valence-corrected chi connectivity index (χ1v) is 9.73. The lowest BCUT2D eigenvalue weighted by Gasteiger charge is -2.18. The summed E-state index contributed by atoms with van der Waals surface area (Å²) in [6, 6.07) is 13.0. The van der Waals surface area contributed by atoms with Gasteiger partial charge in [0.15, 0.2) is 0 Å². The van der Waals surface area contributed by atoms with Crippen LogP contribution >= 0.6 is 0 Å². The van der Waals surface area contributed by atoms with E-state index in [1.807, 2.05) is 12.1 Å². The number of benzene rings is 2. The Morgan fingerprint density at radius 2 is 1.69 bits per heavy atom. The van der Waals surface area contributed by atoms with Crippen LogP contribution in [0.2, 0.25) is 0 Å². The van der Waals surface area contributed by atoms with Crippen molar-refractivity contribution in [3.63, 3.8) is 0 Å². The number of aliphatic hydroxyl groups is 1. The molecule has 2 N–H and O–H groups in total. The molecule has 0 spiro atoms. The van der Waals surface area contributed by atoms with E-state index in [0.29, 0.717) is 18.4 Å². The summed E-state index contributed by atoms with van der Waals surface area (Å²) >= 11 is 0. The molecule has 5 nitrogen and oxygen atoms in total. The first-order valence-electron chi connectivity index (χ1n) is 9.73. The first-order chi connectivity index (χ1) is 13.6. The van der Waals surface area contributed by atoms with Gasteiger partial charge in [0.05, 0.1) is 11.5 Å². The molecule has 0 radical (unpaired) electrons. The Labute approximate surface area is 169 Å². The predicted octanol–water partition coefficient (Wildman–Crippen LogP) is 3.47. The fourth-order valence-corrected chi connectivity index (χ4v) is 3.71.